The van der Waals surface area contributed by atoms with Gasteiger partial charge >= 0.3 is 0 Å². The smallest absolute Gasteiger partial charge is 0.252 e. The summed E-state index contributed by atoms with van der Waals surface area (Å²) in [5.41, 5.74) is 26.5. The van der Waals surface area contributed by atoms with Crippen LogP contribution in [0, 0.1) is 31.8 Å². The van der Waals surface area contributed by atoms with E-state index in [9.17, 15) is 4.39 Å². The predicted molar refractivity (Wildman–Crippen MR) is 347 cm³/mol. The van der Waals surface area contributed by atoms with E-state index < -0.39 is 0 Å². The quantitative estimate of drug-likeness (QED) is 0.131. The number of furan rings is 1. The zero-order valence-electron chi connectivity index (χ0n) is 50.5. The SMILES string of the molecule is CC(C)(C)c1ccc2c(c1)c1cc(C(C)(C)C)cc3c1n2-c1cc(-c2cccc4c2oc2c(-c5ccccn5)[c-]ccc24)cc2c1B3c1cc(C(C)(C)C)cc3c4cc(C(C)(C)C)ccc4n-2c13.Cc1cnc(-c2[c-]cc(F)cc2)cc1C.[Ir]. The molecule has 84 heavy (non-hydrogen) atoms. The van der Waals surface area contributed by atoms with Gasteiger partial charge in [0.1, 0.15) is 5.58 Å². The Hall–Kier alpha value is -7.90. The van der Waals surface area contributed by atoms with E-state index in [4.69, 9.17) is 9.40 Å². The first-order valence-electron chi connectivity index (χ1n) is 29.3. The van der Waals surface area contributed by atoms with Crippen LogP contribution < -0.4 is 16.4 Å². The van der Waals surface area contributed by atoms with E-state index in [-0.39, 0.29) is 54.3 Å². The van der Waals surface area contributed by atoms with Gasteiger partial charge in [-0.1, -0.05) is 160 Å². The predicted octanol–water partition coefficient (Wildman–Crippen LogP) is 17.9. The van der Waals surface area contributed by atoms with Crippen molar-refractivity contribution in [1.82, 2.24) is 19.1 Å². The molecule has 5 nitrogen and oxygen atoms in total. The Labute approximate surface area is 506 Å². The Morgan fingerprint density at radius 1 is 0.500 bits per heavy atom. The second-order valence-electron chi connectivity index (χ2n) is 27.6. The summed E-state index contributed by atoms with van der Waals surface area (Å²) in [6, 6.07) is 59.2. The molecule has 0 atom stereocenters. The van der Waals surface area contributed by atoms with Crippen LogP contribution in [-0.2, 0) is 41.8 Å². The van der Waals surface area contributed by atoms with Crippen LogP contribution in [0.1, 0.15) is 116 Å². The fourth-order valence-electron chi connectivity index (χ4n) is 13.0. The molecule has 8 aromatic carbocycles. The minimum Gasteiger partial charge on any atom is -0.500 e. The fraction of sp³-hybridized carbons (Fsp3) is 0.237. The summed E-state index contributed by atoms with van der Waals surface area (Å²) in [7, 11) is 0. The van der Waals surface area contributed by atoms with Crippen molar-refractivity contribution in [2.45, 2.75) is 119 Å². The zero-order chi connectivity index (χ0) is 58.0. The number of aryl methyl sites for hydroxylation is 2. The summed E-state index contributed by atoms with van der Waals surface area (Å²) >= 11 is 0. The summed E-state index contributed by atoms with van der Waals surface area (Å²) in [6.45, 7) is 32.2. The molecule has 419 valence electrons. The molecule has 0 fully saturated rings. The number of halogens is 1. The van der Waals surface area contributed by atoms with Gasteiger partial charge in [-0.25, -0.2) is 0 Å². The molecule has 7 heterocycles. The second kappa shape index (κ2) is 19.3. The number of para-hydroxylation sites is 1. The van der Waals surface area contributed by atoms with Crippen molar-refractivity contribution < 1.29 is 28.9 Å². The summed E-state index contributed by atoms with van der Waals surface area (Å²) in [4.78, 5) is 9.01. The first-order chi connectivity index (χ1) is 39.4. The standard InChI is InChI=1S/C63H57BN3O.C13H11FN.Ir/c1-60(2,3)36-22-24-51-44(29-36)46-31-38(62(7,8)9)33-48-56(46)66(51)53-27-35(40-17-15-18-41-42-19-16-20-43(59(42)68-58(40)41)50-21-13-14-26-65-50)28-54-55(53)64(48)49-34-39(63(10,11)12)32-47-45-30-37(61(4,5)6)23-25-52(45)67(54)57(47)49;1-9-7-13(15-8-10(9)2)11-3-5-12(14)6-4-11;/h13-19,21-34H,1-12H3;3,5-8H,1-2H3;/q2*-1;. The Morgan fingerprint density at radius 2 is 1.07 bits per heavy atom. The number of benzene rings is 8. The molecule has 2 aliphatic rings. The van der Waals surface area contributed by atoms with Gasteiger partial charge in [0.2, 0.25) is 0 Å². The third-order valence-corrected chi connectivity index (χ3v) is 17.9. The Morgan fingerprint density at radius 3 is 1.60 bits per heavy atom. The van der Waals surface area contributed by atoms with E-state index in [1.54, 1.807) is 6.07 Å². The van der Waals surface area contributed by atoms with Gasteiger partial charge < -0.3 is 23.5 Å². The summed E-state index contributed by atoms with van der Waals surface area (Å²) in [5.74, 6) is -0.275. The van der Waals surface area contributed by atoms with Crippen molar-refractivity contribution in [3.05, 3.63) is 209 Å². The number of aromatic nitrogens is 4. The van der Waals surface area contributed by atoms with Crippen LogP contribution in [0.5, 0.6) is 0 Å². The number of rotatable bonds is 3. The molecule has 5 aromatic heterocycles. The number of fused-ring (bicyclic) bond motifs is 13. The maximum atomic E-state index is 12.7. The normalized spacial score (nSPS) is 13.1. The number of hydrogen-bond acceptors (Lipinski definition) is 3. The van der Waals surface area contributed by atoms with E-state index in [1.165, 1.54) is 111 Å². The third kappa shape index (κ3) is 8.72. The first-order valence-corrected chi connectivity index (χ1v) is 29.3. The molecular formula is C76H68BFIrN4O-2. The van der Waals surface area contributed by atoms with Gasteiger partial charge in [-0.15, -0.1) is 48.0 Å². The fourth-order valence-corrected chi connectivity index (χ4v) is 13.0. The van der Waals surface area contributed by atoms with Crippen LogP contribution in [-0.4, -0.2) is 25.8 Å². The molecule has 0 bridgehead atoms. The van der Waals surface area contributed by atoms with E-state index in [0.29, 0.717) is 0 Å². The molecule has 0 aliphatic carbocycles. The van der Waals surface area contributed by atoms with Crippen LogP contribution in [0.2, 0.25) is 0 Å². The summed E-state index contributed by atoms with van der Waals surface area (Å²) in [5, 5.41) is 7.42. The minimum atomic E-state index is -0.275. The molecule has 15 rings (SSSR count). The monoisotopic (exact) mass is 1280 g/mol. The Bertz CT molecular complexity index is 4680. The maximum absolute atomic E-state index is 12.7. The first kappa shape index (κ1) is 55.3. The van der Waals surface area contributed by atoms with Gasteiger partial charge in [0, 0.05) is 93.2 Å². The van der Waals surface area contributed by atoms with Crippen molar-refractivity contribution in [1.29, 1.82) is 0 Å². The van der Waals surface area contributed by atoms with Gasteiger partial charge in [-0.2, -0.15) is 0 Å². The van der Waals surface area contributed by atoms with Crippen molar-refractivity contribution in [2.24, 2.45) is 0 Å². The van der Waals surface area contributed by atoms with Crippen molar-refractivity contribution in [2.75, 3.05) is 0 Å². The number of pyridine rings is 2. The van der Waals surface area contributed by atoms with Crippen LogP contribution in [0.3, 0.4) is 0 Å². The van der Waals surface area contributed by atoms with Gasteiger partial charge in [0.25, 0.3) is 6.71 Å². The van der Waals surface area contributed by atoms with Gasteiger partial charge in [0.15, 0.2) is 0 Å². The molecule has 0 saturated heterocycles. The van der Waals surface area contributed by atoms with Crippen molar-refractivity contribution in [3.8, 4) is 45.0 Å². The van der Waals surface area contributed by atoms with E-state index in [1.807, 2.05) is 56.6 Å². The topological polar surface area (TPSA) is 48.8 Å². The molecule has 13 aromatic rings. The third-order valence-electron chi connectivity index (χ3n) is 17.9. The average molecular weight is 1280 g/mol. The minimum absolute atomic E-state index is 0. The van der Waals surface area contributed by atoms with Gasteiger partial charge in [0.05, 0.1) is 16.6 Å². The summed E-state index contributed by atoms with van der Waals surface area (Å²) < 4.78 is 25.1. The average Bonchev–Trinajstić information content (AvgIpc) is 1.44. The second-order valence-corrected chi connectivity index (χ2v) is 27.6. The van der Waals surface area contributed by atoms with Crippen molar-refractivity contribution in [3.63, 3.8) is 0 Å². The largest absolute Gasteiger partial charge is 0.500 e. The molecule has 0 spiro atoms. The molecule has 0 saturated carbocycles. The summed E-state index contributed by atoms with van der Waals surface area (Å²) in [6.07, 6.45) is 3.66. The Kier molecular flexibility index (Phi) is 12.7. The zero-order valence-corrected chi connectivity index (χ0v) is 52.9. The Balaban J connectivity index is 0.000000359. The molecule has 0 unspecified atom stereocenters. The van der Waals surface area contributed by atoms with Gasteiger partial charge in [-0.05, 0) is 151 Å². The molecule has 0 amide bonds. The molecular weight excluding hydrogens is 1210 g/mol. The van der Waals surface area contributed by atoms with Crippen LogP contribution in [0.25, 0.3) is 111 Å². The molecule has 1 radical (unpaired) electrons. The molecule has 0 N–H and O–H groups in total. The number of nitrogens with zero attached hydrogens (tertiary/aromatic N) is 4. The van der Waals surface area contributed by atoms with E-state index in [0.717, 1.165) is 61.1 Å². The van der Waals surface area contributed by atoms with E-state index >= 15 is 0 Å². The van der Waals surface area contributed by atoms with Crippen molar-refractivity contribution >= 4 is 88.7 Å². The van der Waals surface area contributed by atoms with Gasteiger partial charge in [-0.3, -0.25) is 4.39 Å². The van der Waals surface area contributed by atoms with Crippen LogP contribution in [0.4, 0.5) is 4.39 Å². The van der Waals surface area contributed by atoms with Crippen LogP contribution >= 0.6 is 0 Å². The van der Waals surface area contributed by atoms with Crippen LogP contribution in [0.15, 0.2) is 162 Å². The molecule has 2 aliphatic heterocycles. The molecule has 8 heteroatoms. The number of hydrogen-bond donors (Lipinski definition) is 0. The van der Waals surface area contributed by atoms with E-state index in [2.05, 4.69) is 206 Å². The maximum Gasteiger partial charge on any atom is 0.252 e.